The lowest BCUT2D eigenvalue weighted by atomic mass is 10.3. The smallest absolute Gasteiger partial charge is 0.324 e. The van der Waals surface area contributed by atoms with Crippen LogP contribution < -0.4 is 10.5 Å². The van der Waals surface area contributed by atoms with Gasteiger partial charge in [-0.05, 0) is 26.0 Å². The van der Waals surface area contributed by atoms with Crippen molar-refractivity contribution >= 4 is 21.9 Å². The van der Waals surface area contributed by atoms with Gasteiger partial charge >= 0.3 is 5.97 Å². The zero-order valence-electron chi connectivity index (χ0n) is 11.4. The number of esters is 1. The summed E-state index contributed by atoms with van der Waals surface area (Å²) in [5.41, 5.74) is 4.92. The van der Waals surface area contributed by atoms with Crippen LogP contribution in [0.5, 0.6) is 0 Å². The van der Waals surface area contributed by atoms with Crippen molar-refractivity contribution < 1.29 is 27.1 Å². The second-order valence-corrected chi connectivity index (χ2v) is 5.94. The number of nitrogens with two attached hydrogens (primary N) is 1. The molecule has 0 fully saturated rings. The lowest BCUT2D eigenvalue weighted by Crippen LogP contribution is -2.42. The summed E-state index contributed by atoms with van der Waals surface area (Å²) in [5.74, 6) is -2.82. The van der Waals surface area contributed by atoms with Gasteiger partial charge in [0.1, 0.15) is 16.8 Å². The van der Waals surface area contributed by atoms with Gasteiger partial charge in [-0.25, -0.2) is 12.8 Å². The van der Waals surface area contributed by atoms with Gasteiger partial charge in [-0.2, -0.15) is 4.72 Å². The van der Waals surface area contributed by atoms with E-state index in [0.717, 1.165) is 12.1 Å². The van der Waals surface area contributed by atoms with Gasteiger partial charge in [0.05, 0.1) is 0 Å². The number of amides is 1. The lowest BCUT2D eigenvalue weighted by molar-refractivity contribution is -0.155. The molecule has 1 amide bonds. The van der Waals surface area contributed by atoms with E-state index in [0.29, 0.717) is 0 Å². The first kappa shape index (κ1) is 17.1. The van der Waals surface area contributed by atoms with Gasteiger partial charge in [0, 0.05) is 0 Å². The molecule has 2 atom stereocenters. The van der Waals surface area contributed by atoms with Crippen LogP contribution >= 0.6 is 0 Å². The van der Waals surface area contributed by atoms with Gasteiger partial charge in [-0.1, -0.05) is 12.1 Å². The number of hydrogen-bond donors (Lipinski definition) is 2. The zero-order chi connectivity index (χ0) is 16.2. The molecule has 0 spiro atoms. The molecule has 3 N–H and O–H groups in total. The Morgan fingerprint density at radius 2 is 1.86 bits per heavy atom. The van der Waals surface area contributed by atoms with Crippen LogP contribution in [0.3, 0.4) is 0 Å². The van der Waals surface area contributed by atoms with E-state index < -0.39 is 44.8 Å². The van der Waals surface area contributed by atoms with E-state index in [1.54, 1.807) is 0 Å². The fourth-order valence-electron chi connectivity index (χ4n) is 1.34. The lowest BCUT2D eigenvalue weighted by Gasteiger charge is -2.16. The molecule has 0 radical (unpaired) electrons. The molecule has 21 heavy (non-hydrogen) atoms. The van der Waals surface area contributed by atoms with E-state index in [4.69, 9.17) is 5.73 Å². The summed E-state index contributed by atoms with van der Waals surface area (Å²) in [6, 6.07) is 3.40. The van der Waals surface area contributed by atoms with Crippen LogP contribution in [-0.4, -0.2) is 32.4 Å². The fraction of sp³-hybridized carbons (Fsp3) is 0.333. The summed E-state index contributed by atoms with van der Waals surface area (Å²) < 4.78 is 43.9. The number of rotatable bonds is 6. The Balaban J connectivity index is 2.83. The molecule has 9 heteroatoms. The van der Waals surface area contributed by atoms with E-state index in [1.165, 1.54) is 26.0 Å². The fourth-order valence-corrected chi connectivity index (χ4v) is 2.61. The van der Waals surface area contributed by atoms with Crippen LogP contribution in [-0.2, 0) is 24.3 Å². The van der Waals surface area contributed by atoms with Gasteiger partial charge in [0.15, 0.2) is 6.10 Å². The molecular weight excluding hydrogens is 303 g/mol. The Kier molecular flexibility index (Phi) is 5.39. The molecule has 0 aromatic heterocycles. The normalized spacial score (nSPS) is 14.2. The van der Waals surface area contributed by atoms with Crippen molar-refractivity contribution in [3.8, 4) is 0 Å². The molecule has 7 nitrogen and oxygen atoms in total. The molecule has 0 aliphatic carbocycles. The molecule has 0 aliphatic heterocycles. The first-order valence-electron chi connectivity index (χ1n) is 5.92. The summed E-state index contributed by atoms with van der Waals surface area (Å²) in [5, 5.41) is 0. The topological polar surface area (TPSA) is 116 Å². The molecule has 0 saturated carbocycles. The highest BCUT2D eigenvalue weighted by molar-refractivity contribution is 7.89. The predicted molar refractivity (Wildman–Crippen MR) is 70.9 cm³/mol. The van der Waals surface area contributed by atoms with E-state index in [1.807, 2.05) is 4.72 Å². The highest BCUT2D eigenvalue weighted by atomic mass is 32.2. The highest BCUT2D eigenvalue weighted by Crippen LogP contribution is 2.13. The molecule has 0 aliphatic rings. The Bertz CT molecular complexity index is 647. The highest BCUT2D eigenvalue weighted by Gasteiger charge is 2.27. The maximum absolute atomic E-state index is 13.5. The van der Waals surface area contributed by atoms with Gasteiger partial charge in [0.25, 0.3) is 5.91 Å². The molecule has 1 rings (SSSR count). The number of hydrogen-bond acceptors (Lipinski definition) is 5. The number of halogens is 1. The molecule has 0 saturated heterocycles. The third-order valence-electron chi connectivity index (χ3n) is 2.51. The molecule has 0 unspecified atom stereocenters. The average Bonchev–Trinajstić information content (AvgIpc) is 2.38. The third-order valence-corrected chi connectivity index (χ3v) is 4.08. The number of ether oxygens (including phenoxy) is 1. The Labute approximate surface area is 121 Å². The van der Waals surface area contributed by atoms with Crippen molar-refractivity contribution in [3.63, 3.8) is 0 Å². The van der Waals surface area contributed by atoms with Crippen molar-refractivity contribution in [2.24, 2.45) is 5.73 Å². The molecular formula is C12H15FN2O5S. The quantitative estimate of drug-likeness (QED) is 0.711. The van der Waals surface area contributed by atoms with E-state index in [2.05, 4.69) is 4.74 Å². The van der Waals surface area contributed by atoms with Crippen LogP contribution in [0.25, 0.3) is 0 Å². The van der Waals surface area contributed by atoms with E-state index in [-0.39, 0.29) is 0 Å². The minimum Gasteiger partial charge on any atom is -0.451 e. The maximum atomic E-state index is 13.5. The van der Waals surface area contributed by atoms with E-state index >= 15 is 0 Å². The van der Waals surface area contributed by atoms with Crippen LogP contribution in [0.2, 0.25) is 0 Å². The number of sulfonamides is 1. The van der Waals surface area contributed by atoms with Crippen LogP contribution in [0.15, 0.2) is 29.2 Å². The van der Waals surface area contributed by atoms with Crippen LogP contribution in [0.4, 0.5) is 4.39 Å². The first-order valence-corrected chi connectivity index (χ1v) is 7.40. The second kappa shape index (κ2) is 6.64. The van der Waals surface area contributed by atoms with Gasteiger partial charge in [0.2, 0.25) is 10.0 Å². The standard InChI is InChI=1S/C12H15FN2O5S/c1-7(12(17)20-8(2)11(14)16)15-21(18,19)10-6-4-3-5-9(10)13/h3-8,15H,1-2H3,(H2,14,16)/t7-,8-/m0/s1. The van der Waals surface area contributed by atoms with Crippen molar-refractivity contribution in [2.45, 2.75) is 30.9 Å². The van der Waals surface area contributed by atoms with Gasteiger partial charge in [-0.3, -0.25) is 9.59 Å². The van der Waals surface area contributed by atoms with Crippen molar-refractivity contribution in [2.75, 3.05) is 0 Å². The Morgan fingerprint density at radius 3 is 2.38 bits per heavy atom. The molecule has 1 aromatic carbocycles. The molecule has 0 bridgehead atoms. The van der Waals surface area contributed by atoms with Crippen molar-refractivity contribution in [3.05, 3.63) is 30.1 Å². The Hall–Kier alpha value is -2.00. The SMILES string of the molecule is C[C@H](NS(=O)(=O)c1ccccc1F)C(=O)O[C@@H](C)C(N)=O. The zero-order valence-corrected chi connectivity index (χ0v) is 12.2. The third kappa shape index (κ3) is 4.50. The summed E-state index contributed by atoms with van der Waals surface area (Å²) in [7, 11) is -4.23. The number of carbonyl (C=O) groups is 2. The predicted octanol–water partition coefficient (Wildman–Crippen LogP) is -0.0905. The molecule has 1 aromatic rings. The number of primary amides is 1. The minimum atomic E-state index is -4.23. The summed E-state index contributed by atoms with van der Waals surface area (Å²) in [6.07, 6.45) is -1.20. The summed E-state index contributed by atoms with van der Waals surface area (Å²) in [6.45, 7) is 2.45. The van der Waals surface area contributed by atoms with Crippen molar-refractivity contribution in [1.29, 1.82) is 0 Å². The largest absolute Gasteiger partial charge is 0.451 e. The monoisotopic (exact) mass is 318 g/mol. The first-order chi connectivity index (χ1) is 9.65. The van der Waals surface area contributed by atoms with Crippen LogP contribution in [0.1, 0.15) is 13.8 Å². The number of benzene rings is 1. The average molecular weight is 318 g/mol. The van der Waals surface area contributed by atoms with Gasteiger partial charge in [-0.15, -0.1) is 0 Å². The summed E-state index contributed by atoms with van der Waals surface area (Å²) in [4.78, 5) is 21.8. The van der Waals surface area contributed by atoms with E-state index in [9.17, 15) is 22.4 Å². The second-order valence-electron chi connectivity index (χ2n) is 4.25. The molecule has 116 valence electrons. The minimum absolute atomic E-state index is 0.590. The molecule has 0 heterocycles. The van der Waals surface area contributed by atoms with Crippen molar-refractivity contribution in [1.82, 2.24) is 4.72 Å². The number of carbonyl (C=O) groups excluding carboxylic acids is 2. The Morgan fingerprint density at radius 1 is 1.29 bits per heavy atom. The van der Waals surface area contributed by atoms with Gasteiger partial charge < -0.3 is 10.5 Å². The van der Waals surface area contributed by atoms with Crippen LogP contribution in [0, 0.1) is 5.82 Å². The maximum Gasteiger partial charge on any atom is 0.324 e. The summed E-state index contributed by atoms with van der Waals surface area (Å²) >= 11 is 0. The number of nitrogens with one attached hydrogen (secondary N) is 1.